The fourth-order valence-corrected chi connectivity index (χ4v) is 6.17. The van der Waals surface area contributed by atoms with Gasteiger partial charge in [0.1, 0.15) is 13.2 Å². The maximum atomic E-state index is 12.7. The lowest BCUT2D eigenvalue weighted by molar-refractivity contribution is -0.167. The lowest BCUT2D eigenvalue weighted by Gasteiger charge is -2.18. The quantitative estimate of drug-likeness (QED) is 0.0265. The molecule has 0 rings (SSSR count). The second-order valence-electron chi connectivity index (χ2n) is 15.3. The molecule has 6 nitrogen and oxygen atoms in total. The van der Waals surface area contributed by atoms with Gasteiger partial charge in [0, 0.05) is 19.3 Å². The standard InChI is InChI=1S/C51H86O6/c1-4-7-10-13-15-17-19-21-22-23-24-25-26-27-28-30-31-33-35-38-41-44-50(53)56-47-48(46-55-49(52)43-40-37-12-9-6-3)57-51(54)45-42-39-36-34-32-29-20-18-16-14-11-8-5-2/h7,10-11,14-15,17-18,20-22,24-25,48H,4-6,8-9,12-13,16,19,23,26-47H2,1-3H3/b10-7-,14-11-,17-15-,20-18-,22-21-,25-24-. The SMILES string of the molecule is CC/C=C\C/C=C\C/C=C\C/C=C\CCCCCCCCCCC(=O)OCC(COC(=O)CCCCCCC)OC(=O)CCCCCCC/C=C\C/C=C\CCC. The van der Waals surface area contributed by atoms with Crippen LogP contribution < -0.4 is 0 Å². The van der Waals surface area contributed by atoms with Crippen molar-refractivity contribution in [1.82, 2.24) is 0 Å². The van der Waals surface area contributed by atoms with Crippen LogP contribution in [0.3, 0.4) is 0 Å². The molecule has 0 N–H and O–H groups in total. The molecule has 0 spiro atoms. The van der Waals surface area contributed by atoms with Gasteiger partial charge in [-0.3, -0.25) is 14.4 Å². The first kappa shape index (κ1) is 53.9. The maximum Gasteiger partial charge on any atom is 0.306 e. The molecule has 0 saturated carbocycles. The van der Waals surface area contributed by atoms with Gasteiger partial charge in [-0.15, -0.1) is 0 Å². The van der Waals surface area contributed by atoms with Crippen molar-refractivity contribution >= 4 is 17.9 Å². The number of esters is 3. The van der Waals surface area contributed by atoms with Crippen molar-refractivity contribution in [3.8, 4) is 0 Å². The van der Waals surface area contributed by atoms with Crippen molar-refractivity contribution in [3.05, 3.63) is 72.9 Å². The van der Waals surface area contributed by atoms with Gasteiger partial charge in [0.2, 0.25) is 0 Å². The average molecular weight is 795 g/mol. The molecule has 6 heteroatoms. The molecule has 0 heterocycles. The Morgan fingerprint density at radius 2 is 0.719 bits per heavy atom. The van der Waals surface area contributed by atoms with Crippen LogP contribution >= 0.6 is 0 Å². The second kappa shape index (κ2) is 45.6. The summed E-state index contributed by atoms with van der Waals surface area (Å²) < 4.78 is 16.6. The van der Waals surface area contributed by atoms with E-state index in [1.165, 1.54) is 44.9 Å². The Kier molecular flexibility index (Phi) is 43.0. The summed E-state index contributed by atoms with van der Waals surface area (Å²) >= 11 is 0. The highest BCUT2D eigenvalue weighted by molar-refractivity contribution is 5.71. The monoisotopic (exact) mass is 795 g/mol. The van der Waals surface area contributed by atoms with Crippen LogP contribution in [0, 0.1) is 0 Å². The highest BCUT2D eigenvalue weighted by Crippen LogP contribution is 2.13. The van der Waals surface area contributed by atoms with Gasteiger partial charge in [0.25, 0.3) is 0 Å². The van der Waals surface area contributed by atoms with Crippen molar-refractivity contribution < 1.29 is 28.6 Å². The summed E-state index contributed by atoms with van der Waals surface area (Å²) in [5, 5.41) is 0. The third-order valence-corrected chi connectivity index (χ3v) is 9.68. The summed E-state index contributed by atoms with van der Waals surface area (Å²) in [6.45, 7) is 6.34. The van der Waals surface area contributed by atoms with E-state index >= 15 is 0 Å². The van der Waals surface area contributed by atoms with E-state index in [9.17, 15) is 14.4 Å². The van der Waals surface area contributed by atoms with Crippen molar-refractivity contribution in [2.75, 3.05) is 13.2 Å². The predicted molar refractivity (Wildman–Crippen MR) is 242 cm³/mol. The lowest BCUT2D eigenvalue weighted by Crippen LogP contribution is -2.30. The Morgan fingerprint density at radius 1 is 0.368 bits per heavy atom. The molecule has 0 aliphatic heterocycles. The molecule has 57 heavy (non-hydrogen) atoms. The molecule has 0 saturated heterocycles. The minimum absolute atomic E-state index is 0.0852. The molecule has 0 aliphatic carbocycles. The summed E-state index contributed by atoms with van der Waals surface area (Å²) in [6, 6.07) is 0. The van der Waals surface area contributed by atoms with Crippen LogP contribution in [0.5, 0.6) is 0 Å². The van der Waals surface area contributed by atoms with Crippen LogP contribution in [0.1, 0.15) is 213 Å². The molecule has 0 bridgehead atoms. The number of ether oxygens (including phenoxy) is 3. The van der Waals surface area contributed by atoms with Crippen LogP contribution in [0.15, 0.2) is 72.9 Å². The molecule has 0 fully saturated rings. The molecule has 1 unspecified atom stereocenters. The van der Waals surface area contributed by atoms with Gasteiger partial charge in [-0.25, -0.2) is 0 Å². The number of carbonyl (C=O) groups is 3. The Hall–Kier alpha value is -3.15. The highest BCUT2D eigenvalue weighted by Gasteiger charge is 2.19. The third kappa shape index (κ3) is 43.8. The van der Waals surface area contributed by atoms with Gasteiger partial charge in [0.05, 0.1) is 0 Å². The zero-order valence-corrected chi connectivity index (χ0v) is 37.1. The summed E-state index contributed by atoms with van der Waals surface area (Å²) in [5.74, 6) is -0.926. The van der Waals surface area contributed by atoms with Gasteiger partial charge in [-0.1, -0.05) is 184 Å². The van der Waals surface area contributed by atoms with E-state index in [4.69, 9.17) is 14.2 Å². The first-order valence-electron chi connectivity index (χ1n) is 23.4. The molecule has 0 aromatic heterocycles. The van der Waals surface area contributed by atoms with Crippen molar-refractivity contribution in [1.29, 1.82) is 0 Å². The number of allylic oxidation sites excluding steroid dienone is 12. The van der Waals surface area contributed by atoms with Gasteiger partial charge >= 0.3 is 17.9 Å². The molecule has 0 radical (unpaired) electrons. The minimum Gasteiger partial charge on any atom is -0.462 e. The van der Waals surface area contributed by atoms with E-state index in [0.29, 0.717) is 19.3 Å². The van der Waals surface area contributed by atoms with E-state index in [1.54, 1.807) is 0 Å². The summed E-state index contributed by atoms with van der Waals surface area (Å²) in [4.78, 5) is 37.5. The summed E-state index contributed by atoms with van der Waals surface area (Å²) in [7, 11) is 0. The normalized spacial score (nSPS) is 12.7. The van der Waals surface area contributed by atoms with Crippen molar-refractivity contribution in [2.24, 2.45) is 0 Å². The fourth-order valence-electron chi connectivity index (χ4n) is 6.17. The molecular formula is C51H86O6. The van der Waals surface area contributed by atoms with Crippen LogP contribution in [0.25, 0.3) is 0 Å². The Morgan fingerprint density at radius 3 is 1.14 bits per heavy atom. The molecular weight excluding hydrogens is 709 g/mol. The fraction of sp³-hybridized carbons (Fsp3) is 0.706. The van der Waals surface area contributed by atoms with E-state index in [0.717, 1.165) is 128 Å². The lowest BCUT2D eigenvalue weighted by atomic mass is 10.1. The first-order chi connectivity index (χ1) is 28.0. The Balaban J connectivity index is 4.20. The van der Waals surface area contributed by atoms with Crippen LogP contribution in [0.4, 0.5) is 0 Å². The average Bonchev–Trinajstić information content (AvgIpc) is 3.21. The number of unbranched alkanes of at least 4 members (excludes halogenated alkanes) is 18. The van der Waals surface area contributed by atoms with E-state index in [1.807, 2.05) is 0 Å². The molecule has 1 atom stereocenters. The zero-order valence-electron chi connectivity index (χ0n) is 37.1. The number of hydrogen-bond donors (Lipinski definition) is 0. The smallest absolute Gasteiger partial charge is 0.306 e. The third-order valence-electron chi connectivity index (χ3n) is 9.68. The Bertz CT molecular complexity index is 1100. The largest absolute Gasteiger partial charge is 0.462 e. The summed E-state index contributed by atoms with van der Waals surface area (Å²) in [6.07, 6.45) is 56.3. The van der Waals surface area contributed by atoms with Gasteiger partial charge < -0.3 is 14.2 Å². The number of hydrogen-bond acceptors (Lipinski definition) is 6. The Labute approximate surface area is 351 Å². The second-order valence-corrected chi connectivity index (χ2v) is 15.3. The minimum atomic E-state index is -0.781. The molecule has 0 aromatic carbocycles. The van der Waals surface area contributed by atoms with Crippen molar-refractivity contribution in [2.45, 2.75) is 219 Å². The molecule has 0 amide bonds. The molecule has 326 valence electrons. The zero-order chi connectivity index (χ0) is 41.5. The van der Waals surface area contributed by atoms with E-state index in [-0.39, 0.29) is 31.1 Å². The topological polar surface area (TPSA) is 78.9 Å². The van der Waals surface area contributed by atoms with E-state index < -0.39 is 6.10 Å². The number of rotatable bonds is 41. The predicted octanol–water partition coefficient (Wildman–Crippen LogP) is 15.1. The van der Waals surface area contributed by atoms with Crippen LogP contribution in [-0.2, 0) is 28.6 Å². The highest BCUT2D eigenvalue weighted by atomic mass is 16.6. The molecule has 0 aliphatic rings. The van der Waals surface area contributed by atoms with Gasteiger partial charge in [-0.2, -0.15) is 0 Å². The summed E-state index contributed by atoms with van der Waals surface area (Å²) in [5.41, 5.74) is 0. The van der Waals surface area contributed by atoms with Gasteiger partial charge in [0.15, 0.2) is 6.10 Å². The molecule has 0 aromatic rings. The van der Waals surface area contributed by atoms with Crippen LogP contribution in [-0.4, -0.2) is 37.2 Å². The van der Waals surface area contributed by atoms with E-state index in [2.05, 4.69) is 93.7 Å². The van der Waals surface area contributed by atoms with Crippen LogP contribution in [0.2, 0.25) is 0 Å². The number of carbonyl (C=O) groups excluding carboxylic acids is 3. The first-order valence-corrected chi connectivity index (χ1v) is 23.4. The van der Waals surface area contributed by atoms with Gasteiger partial charge in [-0.05, 0) is 83.5 Å². The van der Waals surface area contributed by atoms with Crippen molar-refractivity contribution in [3.63, 3.8) is 0 Å². The maximum absolute atomic E-state index is 12.7.